The first-order valence-corrected chi connectivity index (χ1v) is 10.1. The number of carboxylic acid groups (broad SMARTS) is 1. The van der Waals surface area contributed by atoms with E-state index in [0.29, 0.717) is 29.8 Å². The number of halogens is 1. The van der Waals surface area contributed by atoms with Gasteiger partial charge in [0.05, 0.1) is 11.3 Å². The smallest absolute Gasteiger partial charge is 0.309 e. The number of hydrogen-bond donors (Lipinski definition) is 1. The molecule has 1 aromatic heterocycles. The molecule has 1 N–H and O–H groups in total. The van der Waals surface area contributed by atoms with Crippen molar-refractivity contribution in [2.75, 3.05) is 13.1 Å². The Morgan fingerprint density at radius 1 is 1.14 bits per heavy atom. The molecule has 1 saturated heterocycles. The van der Waals surface area contributed by atoms with Crippen molar-refractivity contribution in [1.29, 1.82) is 0 Å². The maximum Gasteiger partial charge on any atom is 0.309 e. The molecule has 2 aliphatic rings. The minimum absolute atomic E-state index is 0.187. The van der Waals surface area contributed by atoms with E-state index in [1.807, 2.05) is 48.5 Å². The molecule has 7 heteroatoms. The molecule has 1 aliphatic carbocycles. The van der Waals surface area contributed by atoms with Gasteiger partial charge in [0.2, 0.25) is 11.7 Å². The summed E-state index contributed by atoms with van der Waals surface area (Å²) < 4.78 is 5.63. The van der Waals surface area contributed by atoms with Crippen LogP contribution in [0.5, 0.6) is 0 Å². The zero-order valence-electron chi connectivity index (χ0n) is 15.7. The number of aromatic nitrogens is 2. The van der Waals surface area contributed by atoms with Crippen molar-refractivity contribution in [3.63, 3.8) is 0 Å². The van der Waals surface area contributed by atoms with Crippen molar-refractivity contribution in [3.05, 3.63) is 70.6 Å². The predicted octanol–water partition coefficient (Wildman–Crippen LogP) is 3.99. The van der Waals surface area contributed by atoms with Gasteiger partial charge in [0.15, 0.2) is 0 Å². The van der Waals surface area contributed by atoms with Gasteiger partial charge in [-0.2, -0.15) is 4.98 Å². The molecular weight excluding hydrogens is 390 g/mol. The van der Waals surface area contributed by atoms with Gasteiger partial charge in [-0.3, -0.25) is 9.69 Å². The Morgan fingerprint density at radius 3 is 2.45 bits per heavy atom. The maximum atomic E-state index is 10.9. The Labute approximate surface area is 173 Å². The summed E-state index contributed by atoms with van der Waals surface area (Å²) in [6, 6.07) is 15.9. The van der Waals surface area contributed by atoms with Crippen LogP contribution in [0.15, 0.2) is 53.1 Å². The predicted molar refractivity (Wildman–Crippen MR) is 108 cm³/mol. The van der Waals surface area contributed by atoms with Crippen LogP contribution in [0.3, 0.4) is 0 Å². The molecule has 6 nitrogen and oxygen atoms in total. The van der Waals surface area contributed by atoms with Crippen LogP contribution in [0.1, 0.15) is 29.9 Å². The van der Waals surface area contributed by atoms with Crippen molar-refractivity contribution in [1.82, 2.24) is 15.0 Å². The van der Waals surface area contributed by atoms with E-state index in [2.05, 4.69) is 15.0 Å². The van der Waals surface area contributed by atoms with E-state index in [1.165, 1.54) is 0 Å². The molecule has 5 rings (SSSR count). The topological polar surface area (TPSA) is 79.5 Å². The Balaban J connectivity index is 1.28. The van der Waals surface area contributed by atoms with E-state index in [0.717, 1.165) is 36.1 Å². The molecule has 0 unspecified atom stereocenters. The summed E-state index contributed by atoms with van der Waals surface area (Å²) in [5.74, 6) is 0.292. The van der Waals surface area contributed by atoms with Crippen molar-refractivity contribution in [2.45, 2.75) is 24.8 Å². The third-order valence-corrected chi connectivity index (χ3v) is 6.16. The Kier molecular flexibility index (Phi) is 4.41. The van der Waals surface area contributed by atoms with E-state index in [9.17, 15) is 4.79 Å². The second-order valence-electron chi connectivity index (χ2n) is 7.94. The molecule has 0 amide bonds. The first-order valence-electron chi connectivity index (χ1n) is 9.68. The summed E-state index contributed by atoms with van der Waals surface area (Å²) in [4.78, 5) is 17.7. The van der Waals surface area contributed by atoms with Crippen LogP contribution in [0, 0.1) is 5.92 Å². The van der Waals surface area contributed by atoms with Crippen molar-refractivity contribution in [3.8, 4) is 11.4 Å². The third kappa shape index (κ3) is 3.43. The van der Waals surface area contributed by atoms with Gasteiger partial charge in [-0.15, -0.1) is 0 Å². The lowest BCUT2D eigenvalue weighted by Crippen LogP contribution is -2.49. The molecule has 0 spiro atoms. The van der Waals surface area contributed by atoms with E-state index in [1.54, 1.807) is 0 Å². The fourth-order valence-corrected chi connectivity index (χ4v) is 4.05. The zero-order valence-corrected chi connectivity index (χ0v) is 16.5. The number of nitrogens with zero attached hydrogens (tertiary/aromatic N) is 3. The van der Waals surface area contributed by atoms with E-state index in [4.69, 9.17) is 21.2 Å². The van der Waals surface area contributed by atoms with Crippen LogP contribution in [0.25, 0.3) is 11.4 Å². The number of benzene rings is 2. The second-order valence-corrected chi connectivity index (χ2v) is 8.37. The van der Waals surface area contributed by atoms with E-state index in [-0.39, 0.29) is 11.3 Å². The number of carbonyl (C=O) groups is 1. The quantitative estimate of drug-likeness (QED) is 0.663. The van der Waals surface area contributed by atoms with Crippen LogP contribution in [-0.2, 0) is 16.8 Å². The van der Waals surface area contributed by atoms with Crippen molar-refractivity contribution < 1.29 is 14.4 Å². The average Bonchev–Trinajstić information content (AvgIpc) is 3.34. The van der Waals surface area contributed by atoms with Crippen LogP contribution in [-0.4, -0.2) is 39.2 Å². The largest absolute Gasteiger partial charge is 0.481 e. The molecule has 1 aliphatic heterocycles. The summed E-state index contributed by atoms with van der Waals surface area (Å²) in [6.07, 6.45) is 1.98. The first-order chi connectivity index (χ1) is 14.0. The highest BCUT2D eigenvalue weighted by molar-refractivity contribution is 6.30. The van der Waals surface area contributed by atoms with Crippen LogP contribution < -0.4 is 0 Å². The number of likely N-dealkylation sites (tertiary alicyclic amines) is 1. The van der Waals surface area contributed by atoms with Gasteiger partial charge in [0.25, 0.3) is 0 Å². The molecule has 2 fully saturated rings. The standard InChI is InChI=1S/C22H20ClN3O3/c23-18-7-5-17(6-8-18)22(9-10-22)21-24-19(25-29-21)15-3-1-14(2-4-15)11-26-12-16(13-26)20(27)28/h1-8,16H,9-13H2,(H,27,28). The molecule has 1 saturated carbocycles. The van der Waals surface area contributed by atoms with Crippen molar-refractivity contribution in [2.24, 2.45) is 5.92 Å². The molecule has 0 atom stereocenters. The SMILES string of the molecule is O=C(O)C1CN(Cc2ccc(-c3noc(C4(c5ccc(Cl)cc5)CC4)n3)cc2)C1. The van der Waals surface area contributed by atoms with E-state index < -0.39 is 5.97 Å². The highest BCUT2D eigenvalue weighted by Gasteiger charge is 2.51. The van der Waals surface area contributed by atoms with Gasteiger partial charge in [-0.05, 0) is 36.1 Å². The average molecular weight is 410 g/mol. The molecule has 0 bridgehead atoms. The summed E-state index contributed by atoms with van der Waals surface area (Å²) in [5, 5.41) is 13.9. The lowest BCUT2D eigenvalue weighted by molar-refractivity contribution is -0.147. The highest BCUT2D eigenvalue weighted by atomic mass is 35.5. The molecule has 148 valence electrons. The fraction of sp³-hybridized carbons (Fsp3) is 0.318. The maximum absolute atomic E-state index is 10.9. The number of hydrogen-bond acceptors (Lipinski definition) is 5. The van der Waals surface area contributed by atoms with Gasteiger partial charge < -0.3 is 9.63 Å². The van der Waals surface area contributed by atoms with Crippen LogP contribution >= 0.6 is 11.6 Å². The number of carboxylic acids is 1. The Bertz CT molecular complexity index is 1040. The summed E-state index contributed by atoms with van der Waals surface area (Å²) >= 11 is 6.01. The van der Waals surface area contributed by atoms with Gasteiger partial charge >= 0.3 is 5.97 Å². The number of rotatable bonds is 6. The minimum Gasteiger partial charge on any atom is -0.481 e. The van der Waals surface area contributed by atoms with Gasteiger partial charge in [-0.1, -0.05) is 53.2 Å². The molecule has 29 heavy (non-hydrogen) atoms. The fourth-order valence-electron chi connectivity index (χ4n) is 3.93. The third-order valence-electron chi connectivity index (χ3n) is 5.91. The first kappa shape index (κ1) is 18.3. The van der Waals surface area contributed by atoms with Gasteiger partial charge in [-0.25, -0.2) is 0 Å². The van der Waals surface area contributed by atoms with Crippen LogP contribution in [0.4, 0.5) is 0 Å². The van der Waals surface area contributed by atoms with Gasteiger partial charge in [0, 0.05) is 30.2 Å². The summed E-state index contributed by atoms with van der Waals surface area (Å²) in [7, 11) is 0. The van der Waals surface area contributed by atoms with Crippen molar-refractivity contribution >= 4 is 17.6 Å². The molecule has 0 radical (unpaired) electrons. The Morgan fingerprint density at radius 2 is 1.83 bits per heavy atom. The zero-order chi connectivity index (χ0) is 20.0. The minimum atomic E-state index is -0.712. The molecule has 2 aromatic carbocycles. The highest BCUT2D eigenvalue weighted by Crippen LogP contribution is 2.53. The second kappa shape index (κ2) is 6.97. The normalized spacial score (nSPS) is 18.4. The van der Waals surface area contributed by atoms with Crippen LogP contribution in [0.2, 0.25) is 5.02 Å². The molecule has 2 heterocycles. The summed E-state index contributed by atoms with van der Waals surface area (Å²) in [6.45, 7) is 1.97. The monoisotopic (exact) mass is 409 g/mol. The Hall–Kier alpha value is -2.70. The molecule has 3 aromatic rings. The lowest BCUT2D eigenvalue weighted by Gasteiger charge is -2.36. The van der Waals surface area contributed by atoms with E-state index >= 15 is 0 Å². The summed E-state index contributed by atoms with van der Waals surface area (Å²) in [5.41, 5.74) is 3.01. The van der Waals surface area contributed by atoms with Gasteiger partial charge in [0.1, 0.15) is 0 Å². The lowest BCUT2D eigenvalue weighted by atomic mass is 9.96. The molecular formula is C22H20ClN3O3. The number of aliphatic carboxylic acids is 1.